The predicted molar refractivity (Wildman–Crippen MR) is 158 cm³/mol. The van der Waals surface area contributed by atoms with Gasteiger partial charge in [0.1, 0.15) is 29.6 Å². The zero-order chi connectivity index (χ0) is 29.8. The molecule has 1 fully saturated rings. The molecule has 9 nitrogen and oxygen atoms in total. The van der Waals surface area contributed by atoms with E-state index in [1.54, 1.807) is 43.3 Å². The lowest BCUT2D eigenvalue weighted by Gasteiger charge is -2.22. The average Bonchev–Trinajstić information content (AvgIpc) is 3.51. The molecule has 0 bridgehead atoms. The standard InChI is InChI=1S/C32H27N3O6S/c1-4-16-40-31(39)29-20(3)34-32(42-29)35-26(22-12-14-33-15-13-22)25(28(37)30(35)38)27(36)23-8-10-24(11-9-23)41-18-21-7-5-6-19(2)17-21/h4-15,17,26,36H,1,16,18H2,2-3H3. The number of thiazole rings is 1. The van der Waals surface area contributed by atoms with E-state index >= 15 is 0 Å². The van der Waals surface area contributed by atoms with Crippen molar-refractivity contribution in [3.05, 3.63) is 124 Å². The number of Topliss-reactive ketones (excluding diaryl/α,β-unsaturated/α-hetero) is 1. The van der Waals surface area contributed by atoms with Gasteiger partial charge in [0.05, 0.1) is 17.3 Å². The Hall–Kier alpha value is -5.09. The minimum Gasteiger partial charge on any atom is -0.507 e. The molecule has 4 aromatic rings. The van der Waals surface area contributed by atoms with Crippen molar-refractivity contribution in [2.45, 2.75) is 26.5 Å². The SMILES string of the molecule is C=CCOC(=O)c1sc(N2C(=O)C(=O)C(=C(O)c3ccc(OCc4cccc(C)c4)cc3)C2c2ccncc2)nc1C. The van der Waals surface area contributed by atoms with Crippen molar-refractivity contribution in [3.8, 4) is 5.75 Å². The Morgan fingerprint density at radius 1 is 1.10 bits per heavy atom. The molecule has 10 heteroatoms. The van der Waals surface area contributed by atoms with Crippen molar-refractivity contribution >= 4 is 39.9 Å². The molecule has 1 amide bonds. The summed E-state index contributed by atoms with van der Waals surface area (Å²) in [6.07, 6.45) is 4.50. The number of pyridine rings is 1. The van der Waals surface area contributed by atoms with Crippen LogP contribution in [0.4, 0.5) is 5.13 Å². The number of benzene rings is 2. The van der Waals surface area contributed by atoms with E-state index in [1.165, 1.54) is 23.4 Å². The number of ketones is 1. The first-order valence-electron chi connectivity index (χ1n) is 13.0. The smallest absolute Gasteiger partial charge is 0.350 e. The number of anilines is 1. The molecule has 1 aliphatic heterocycles. The van der Waals surface area contributed by atoms with Gasteiger partial charge in [-0.1, -0.05) is 53.8 Å². The number of aryl methyl sites for hydroxylation is 2. The van der Waals surface area contributed by atoms with E-state index in [0.29, 0.717) is 29.2 Å². The molecule has 1 unspecified atom stereocenters. The number of esters is 1. The quantitative estimate of drug-likeness (QED) is 0.0879. The first kappa shape index (κ1) is 28.4. The van der Waals surface area contributed by atoms with Crippen molar-refractivity contribution in [2.24, 2.45) is 0 Å². The minimum atomic E-state index is -1.01. The maximum Gasteiger partial charge on any atom is 0.350 e. The first-order chi connectivity index (χ1) is 20.3. The van der Waals surface area contributed by atoms with Crippen molar-refractivity contribution in [1.82, 2.24) is 9.97 Å². The van der Waals surface area contributed by atoms with Crippen LogP contribution in [-0.2, 0) is 20.9 Å². The number of aliphatic hydroxyl groups is 1. The topological polar surface area (TPSA) is 119 Å². The molecule has 0 aliphatic carbocycles. The molecule has 1 N–H and O–H groups in total. The highest BCUT2D eigenvalue weighted by Crippen LogP contribution is 2.43. The second-order valence-corrected chi connectivity index (χ2v) is 10.5. The fourth-order valence-electron chi connectivity index (χ4n) is 4.60. The van der Waals surface area contributed by atoms with Gasteiger partial charge in [0.25, 0.3) is 5.78 Å². The summed E-state index contributed by atoms with van der Waals surface area (Å²) in [6, 6.07) is 16.9. The number of hydrogen-bond donors (Lipinski definition) is 1. The fourth-order valence-corrected chi connectivity index (χ4v) is 5.59. The van der Waals surface area contributed by atoms with E-state index in [9.17, 15) is 19.5 Å². The number of amides is 1. The van der Waals surface area contributed by atoms with E-state index < -0.39 is 23.7 Å². The van der Waals surface area contributed by atoms with Gasteiger partial charge in [-0.15, -0.1) is 0 Å². The molecule has 42 heavy (non-hydrogen) atoms. The van der Waals surface area contributed by atoms with Crippen LogP contribution in [0.1, 0.15) is 43.7 Å². The van der Waals surface area contributed by atoms with Crippen LogP contribution in [-0.4, -0.2) is 39.3 Å². The molecule has 1 saturated heterocycles. The van der Waals surface area contributed by atoms with Crippen LogP contribution >= 0.6 is 11.3 Å². The second-order valence-electron chi connectivity index (χ2n) is 9.55. The fraction of sp³-hybridized carbons (Fsp3) is 0.156. The number of ether oxygens (including phenoxy) is 2. The number of hydrogen-bond acceptors (Lipinski definition) is 9. The molecule has 1 atom stereocenters. The summed E-state index contributed by atoms with van der Waals surface area (Å²) in [6.45, 7) is 7.55. The van der Waals surface area contributed by atoms with E-state index in [1.807, 2.05) is 31.2 Å². The van der Waals surface area contributed by atoms with E-state index in [2.05, 4.69) is 16.5 Å². The van der Waals surface area contributed by atoms with Gasteiger partial charge in [-0.2, -0.15) is 0 Å². The first-order valence-corrected chi connectivity index (χ1v) is 13.8. The number of carbonyl (C=O) groups excluding carboxylic acids is 3. The molecule has 212 valence electrons. The van der Waals surface area contributed by atoms with E-state index in [-0.39, 0.29) is 27.9 Å². The molecule has 2 aromatic heterocycles. The number of nitrogens with zero attached hydrogens (tertiary/aromatic N) is 3. The van der Waals surface area contributed by atoms with Crippen LogP contribution in [0.15, 0.2) is 91.3 Å². The summed E-state index contributed by atoms with van der Waals surface area (Å²) in [5.74, 6) is -2.14. The average molecular weight is 582 g/mol. The minimum absolute atomic E-state index is 0.0167. The molecule has 0 radical (unpaired) electrons. The van der Waals surface area contributed by atoms with Gasteiger partial charge in [0.2, 0.25) is 0 Å². The number of aliphatic hydroxyl groups excluding tert-OH is 1. The predicted octanol–water partition coefficient (Wildman–Crippen LogP) is 5.70. The third-order valence-electron chi connectivity index (χ3n) is 6.59. The summed E-state index contributed by atoms with van der Waals surface area (Å²) >= 11 is 0.932. The number of aromatic nitrogens is 2. The lowest BCUT2D eigenvalue weighted by Crippen LogP contribution is -2.29. The van der Waals surface area contributed by atoms with Crippen LogP contribution in [0.2, 0.25) is 0 Å². The molecule has 0 saturated carbocycles. The monoisotopic (exact) mass is 581 g/mol. The van der Waals surface area contributed by atoms with Crippen molar-refractivity contribution in [1.29, 1.82) is 0 Å². The van der Waals surface area contributed by atoms with Crippen LogP contribution in [0.25, 0.3) is 5.76 Å². The van der Waals surface area contributed by atoms with Crippen molar-refractivity contribution in [2.75, 3.05) is 11.5 Å². The summed E-state index contributed by atoms with van der Waals surface area (Å²) in [7, 11) is 0. The summed E-state index contributed by atoms with van der Waals surface area (Å²) in [4.78, 5) is 49.3. The highest BCUT2D eigenvalue weighted by molar-refractivity contribution is 7.17. The van der Waals surface area contributed by atoms with Crippen LogP contribution in [0, 0.1) is 13.8 Å². The molecular formula is C32H27N3O6S. The van der Waals surface area contributed by atoms with E-state index in [0.717, 1.165) is 22.5 Å². The molecule has 0 spiro atoms. The number of carbonyl (C=O) groups is 3. The van der Waals surface area contributed by atoms with Crippen molar-refractivity contribution in [3.63, 3.8) is 0 Å². The van der Waals surface area contributed by atoms with E-state index in [4.69, 9.17) is 9.47 Å². The zero-order valence-electron chi connectivity index (χ0n) is 22.9. The lowest BCUT2D eigenvalue weighted by molar-refractivity contribution is -0.132. The highest BCUT2D eigenvalue weighted by atomic mass is 32.1. The third kappa shape index (κ3) is 5.70. The summed E-state index contributed by atoms with van der Waals surface area (Å²) in [5.41, 5.74) is 3.26. The largest absolute Gasteiger partial charge is 0.507 e. The highest BCUT2D eigenvalue weighted by Gasteiger charge is 2.48. The molecular weight excluding hydrogens is 554 g/mol. The third-order valence-corrected chi connectivity index (χ3v) is 7.73. The Morgan fingerprint density at radius 2 is 1.83 bits per heavy atom. The lowest BCUT2D eigenvalue weighted by atomic mass is 9.96. The van der Waals surface area contributed by atoms with Gasteiger partial charge in [0, 0.05) is 18.0 Å². The summed E-state index contributed by atoms with van der Waals surface area (Å²) < 4.78 is 11.0. The molecule has 5 rings (SSSR count). The molecule has 3 heterocycles. The summed E-state index contributed by atoms with van der Waals surface area (Å²) in [5, 5.41) is 11.5. The van der Waals surface area contributed by atoms with Crippen LogP contribution < -0.4 is 9.64 Å². The Kier molecular flexibility index (Phi) is 8.26. The van der Waals surface area contributed by atoms with Gasteiger partial charge >= 0.3 is 11.9 Å². The van der Waals surface area contributed by atoms with Crippen molar-refractivity contribution < 1.29 is 29.0 Å². The Bertz CT molecular complexity index is 1690. The number of rotatable bonds is 9. The Labute approximate surface area is 246 Å². The molecule has 2 aromatic carbocycles. The Morgan fingerprint density at radius 3 is 2.52 bits per heavy atom. The maximum atomic E-state index is 13.4. The zero-order valence-corrected chi connectivity index (χ0v) is 23.8. The van der Waals surface area contributed by atoms with Gasteiger partial charge in [-0.3, -0.25) is 19.5 Å². The van der Waals surface area contributed by atoms with Gasteiger partial charge in [0.15, 0.2) is 5.13 Å². The van der Waals surface area contributed by atoms with Crippen LogP contribution in [0.3, 0.4) is 0 Å². The van der Waals surface area contributed by atoms with Crippen LogP contribution in [0.5, 0.6) is 5.75 Å². The normalized spacial score (nSPS) is 16.0. The second kappa shape index (κ2) is 12.2. The maximum absolute atomic E-state index is 13.4. The van der Waals surface area contributed by atoms with Gasteiger partial charge in [-0.25, -0.2) is 9.78 Å². The molecule has 1 aliphatic rings. The van der Waals surface area contributed by atoms with Gasteiger partial charge in [-0.05, 0) is 61.4 Å². The van der Waals surface area contributed by atoms with Gasteiger partial charge < -0.3 is 14.6 Å². The Balaban J connectivity index is 1.49.